The van der Waals surface area contributed by atoms with Crippen LogP contribution < -0.4 is 5.32 Å². The van der Waals surface area contributed by atoms with Gasteiger partial charge in [-0.25, -0.2) is 0 Å². The summed E-state index contributed by atoms with van der Waals surface area (Å²) in [6.07, 6.45) is 7.46. The molecule has 4 rings (SSSR count). The van der Waals surface area contributed by atoms with E-state index in [4.69, 9.17) is 5.26 Å². The fourth-order valence-electron chi connectivity index (χ4n) is 5.56. The lowest BCUT2D eigenvalue weighted by atomic mass is 9.79. The summed E-state index contributed by atoms with van der Waals surface area (Å²) in [5.74, 6) is 6.27. The van der Waals surface area contributed by atoms with Crippen LogP contribution in [0.2, 0.25) is 0 Å². The van der Waals surface area contributed by atoms with Gasteiger partial charge in [0, 0.05) is 24.1 Å². The molecule has 0 radical (unpaired) electrons. The molecule has 0 unspecified atom stereocenters. The van der Waals surface area contributed by atoms with E-state index in [2.05, 4.69) is 17.5 Å². The Balaban J connectivity index is 1.19. The molecule has 1 aromatic rings. The molecule has 3 heteroatoms. The van der Waals surface area contributed by atoms with Gasteiger partial charge >= 0.3 is 0 Å². The molecule has 0 amide bonds. The third-order valence-corrected chi connectivity index (χ3v) is 7.48. The summed E-state index contributed by atoms with van der Waals surface area (Å²) in [7, 11) is 0. The SMILES string of the molecule is N#Cc1ccccc1CSCCN[C@@H]1C[C@H]2C[C@@H]1[C@H]1CCC[C@H]21. The second-order valence-corrected chi connectivity index (χ2v) is 8.64. The number of hydrogen-bond donors (Lipinski definition) is 1. The van der Waals surface area contributed by atoms with Gasteiger partial charge in [0.15, 0.2) is 0 Å². The molecule has 23 heavy (non-hydrogen) atoms. The van der Waals surface area contributed by atoms with Crippen LogP contribution in [-0.2, 0) is 5.75 Å². The van der Waals surface area contributed by atoms with Crippen LogP contribution in [0.15, 0.2) is 24.3 Å². The van der Waals surface area contributed by atoms with Gasteiger partial charge in [0.2, 0.25) is 0 Å². The van der Waals surface area contributed by atoms with Crippen LogP contribution in [0.4, 0.5) is 0 Å². The van der Waals surface area contributed by atoms with Crippen molar-refractivity contribution in [3.8, 4) is 6.07 Å². The van der Waals surface area contributed by atoms with Gasteiger partial charge in [-0.2, -0.15) is 17.0 Å². The number of hydrogen-bond acceptors (Lipinski definition) is 3. The summed E-state index contributed by atoms with van der Waals surface area (Å²) in [5, 5.41) is 13.0. The molecule has 1 aromatic carbocycles. The topological polar surface area (TPSA) is 35.8 Å². The Morgan fingerprint density at radius 2 is 2.00 bits per heavy atom. The van der Waals surface area contributed by atoms with Crippen molar-refractivity contribution in [1.29, 1.82) is 5.26 Å². The van der Waals surface area contributed by atoms with Crippen molar-refractivity contribution < 1.29 is 0 Å². The van der Waals surface area contributed by atoms with E-state index in [9.17, 15) is 0 Å². The van der Waals surface area contributed by atoms with Gasteiger partial charge in [-0.1, -0.05) is 24.6 Å². The highest BCUT2D eigenvalue weighted by Crippen LogP contribution is 2.58. The maximum absolute atomic E-state index is 9.13. The van der Waals surface area contributed by atoms with Crippen LogP contribution in [0.25, 0.3) is 0 Å². The van der Waals surface area contributed by atoms with Gasteiger partial charge in [-0.15, -0.1) is 0 Å². The molecule has 0 heterocycles. The van der Waals surface area contributed by atoms with E-state index in [1.807, 2.05) is 30.0 Å². The maximum atomic E-state index is 9.13. The molecule has 3 aliphatic rings. The third kappa shape index (κ3) is 3.04. The number of thioether (sulfide) groups is 1. The molecule has 122 valence electrons. The average Bonchev–Trinajstić information content (AvgIpc) is 3.27. The van der Waals surface area contributed by atoms with E-state index >= 15 is 0 Å². The van der Waals surface area contributed by atoms with Crippen LogP contribution in [0.3, 0.4) is 0 Å². The number of nitriles is 1. The fraction of sp³-hybridized carbons (Fsp3) is 0.650. The lowest BCUT2D eigenvalue weighted by Crippen LogP contribution is -2.40. The standard InChI is InChI=1S/C20H26N2S/c21-12-14-4-1-2-5-15(14)13-23-9-8-22-20-11-16-10-19(20)18-7-3-6-17(16)18/h1-2,4-5,16-20,22H,3,6-11,13H2/t16-,17-,18+,19-,20-/m1/s1. The monoisotopic (exact) mass is 326 g/mol. The van der Waals surface area contributed by atoms with E-state index in [-0.39, 0.29) is 0 Å². The zero-order valence-corrected chi connectivity index (χ0v) is 14.5. The summed E-state index contributed by atoms with van der Waals surface area (Å²) >= 11 is 1.95. The van der Waals surface area contributed by atoms with Gasteiger partial charge in [-0.3, -0.25) is 0 Å². The second kappa shape index (κ2) is 6.87. The Kier molecular flexibility index (Phi) is 4.64. The quantitative estimate of drug-likeness (QED) is 0.796. The Morgan fingerprint density at radius 1 is 1.13 bits per heavy atom. The van der Waals surface area contributed by atoms with Crippen molar-refractivity contribution in [2.45, 2.75) is 43.9 Å². The van der Waals surface area contributed by atoms with E-state index in [1.165, 1.54) is 37.7 Å². The molecule has 0 aromatic heterocycles. The lowest BCUT2D eigenvalue weighted by molar-refractivity contribution is 0.211. The first-order valence-electron chi connectivity index (χ1n) is 9.16. The van der Waals surface area contributed by atoms with Crippen LogP contribution in [-0.4, -0.2) is 18.3 Å². The summed E-state index contributed by atoms with van der Waals surface area (Å²) < 4.78 is 0. The summed E-state index contributed by atoms with van der Waals surface area (Å²) in [6, 6.07) is 11.1. The Morgan fingerprint density at radius 3 is 2.91 bits per heavy atom. The fourth-order valence-corrected chi connectivity index (χ4v) is 6.43. The van der Waals surface area contributed by atoms with E-state index in [1.54, 1.807) is 0 Å². The molecular formula is C20H26N2S. The van der Waals surface area contributed by atoms with Crippen LogP contribution >= 0.6 is 11.8 Å². The van der Waals surface area contributed by atoms with Gasteiger partial charge in [0.25, 0.3) is 0 Å². The molecule has 0 spiro atoms. The lowest BCUT2D eigenvalue weighted by Gasteiger charge is -2.32. The summed E-state index contributed by atoms with van der Waals surface area (Å²) in [6.45, 7) is 1.12. The zero-order chi connectivity index (χ0) is 15.6. The highest BCUT2D eigenvalue weighted by Gasteiger charge is 2.53. The first-order valence-corrected chi connectivity index (χ1v) is 10.3. The molecule has 3 fully saturated rings. The van der Waals surface area contributed by atoms with E-state index in [0.717, 1.165) is 53.3 Å². The van der Waals surface area contributed by atoms with Crippen molar-refractivity contribution in [1.82, 2.24) is 5.32 Å². The van der Waals surface area contributed by atoms with Crippen LogP contribution in [0.5, 0.6) is 0 Å². The van der Waals surface area contributed by atoms with Gasteiger partial charge in [0.05, 0.1) is 11.6 Å². The van der Waals surface area contributed by atoms with Crippen molar-refractivity contribution in [2.24, 2.45) is 23.7 Å². The molecular weight excluding hydrogens is 300 g/mol. The predicted octanol–water partition coefficient (Wildman–Crippen LogP) is 4.21. The normalized spacial score (nSPS) is 34.5. The number of nitrogens with zero attached hydrogens (tertiary/aromatic N) is 1. The first-order chi connectivity index (χ1) is 11.4. The van der Waals surface area contributed by atoms with Crippen molar-refractivity contribution >= 4 is 11.8 Å². The van der Waals surface area contributed by atoms with Crippen LogP contribution in [0, 0.1) is 35.0 Å². The van der Waals surface area contributed by atoms with Crippen molar-refractivity contribution in [3.63, 3.8) is 0 Å². The number of fused-ring (bicyclic) bond motifs is 5. The largest absolute Gasteiger partial charge is 0.313 e. The second-order valence-electron chi connectivity index (χ2n) is 7.54. The Hall–Kier alpha value is -0.980. The number of nitrogens with one attached hydrogen (secondary N) is 1. The molecule has 1 N–H and O–H groups in total. The minimum absolute atomic E-state index is 0.798. The maximum Gasteiger partial charge on any atom is 0.0994 e. The van der Waals surface area contributed by atoms with E-state index in [0.29, 0.717) is 0 Å². The zero-order valence-electron chi connectivity index (χ0n) is 13.7. The first kappa shape index (κ1) is 15.5. The smallest absolute Gasteiger partial charge is 0.0994 e. The molecule has 3 aliphatic carbocycles. The van der Waals surface area contributed by atoms with Crippen molar-refractivity contribution in [2.75, 3.05) is 12.3 Å². The summed E-state index contributed by atoms with van der Waals surface area (Å²) in [4.78, 5) is 0. The molecule has 2 nitrogen and oxygen atoms in total. The Labute approximate surface area is 144 Å². The van der Waals surface area contributed by atoms with Gasteiger partial charge < -0.3 is 5.32 Å². The molecule has 5 atom stereocenters. The average molecular weight is 327 g/mol. The summed E-state index contributed by atoms with van der Waals surface area (Å²) in [5.41, 5.74) is 2.00. The predicted molar refractivity (Wildman–Crippen MR) is 96.2 cm³/mol. The highest BCUT2D eigenvalue weighted by molar-refractivity contribution is 7.98. The van der Waals surface area contributed by atoms with Crippen molar-refractivity contribution in [3.05, 3.63) is 35.4 Å². The van der Waals surface area contributed by atoms with Crippen LogP contribution in [0.1, 0.15) is 43.2 Å². The molecule has 3 saturated carbocycles. The highest BCUT2D eigenvalue weighted by atomic mass is 32.2. The minimum atomic E-state index is 0.798. The van der Waals surface area contributed by atoms with Gasteiger partial charge in [0.1, 0.15) is 0 Å². The van der Waals surface area contributed by atoms with Gasteiger partial charge in [-0.05, 0) is 61.0 Å². The number of rotatable bonds is 6. The van der Waals surface area contributed by atoms with E-state index < -0.39 is 0 Å². The molecule has 0 aliphatic heterocycles. The Bertz CT molecular complexity index is 594. The molecule has 2 bridgehead atoms. The molecule has 0 saturated heterocycles. The minimum Gasteiger partial charge on any atom is -0.313 e. The third-order valence-electron chi connectivity index (χ3n) is 6.48. The number of benzene rings is 1.